The molecule has 0 fully saturated rings. The number of halogens is 1. The first kappa shape index (κ1) is 13.4. The van der Waals surface area contributed by atoms with Crippen molar-refractivity contribution in [3.8, 4) is 0 Å². The number of esters is 1. The van der Waals surface area contributed by atoms with E-state index in [0.717, 1.165) is 19.4 Å². The third kappa shape index (κ3) is 4.95. The first-order chi connectivity index (χ1) is 6.88. The van der Waals surface area contributed by atoms with Gasteiger partial charge < -0.3 is 9.64 Å². The van der Waals surface area contributed by atoms with Gasteiger partial charge in [0.2, 0.25) is 0 Å². The Morgan fingerprint density at radius 2 is 1.87 bits per heavy atom. The van der Waals surface area contributed by atoms with E-state index in [-0.39, 0.29) is 5.57 Å². The summed E-state index contributed by atoms with van der Waals surface area (Å²) < 4.78 is 17.5. The molecule has 0 unspecified atom stereocenters. The number of carbonyl (C=O) groups is 2. The SMILES string of the molecule is COC(=O)/C(=C\C(F)=C\N(C)C)C(C)=O. The van der Waals surface area contributed by atoms with Crippen LogP contribution in [0.3, 0.4) is 0 Å². The minimum atomic E-state index is -0.843. The molecule has 0 spiro atoms. The molecule has 0 aromatic rings. The molecule has 15 heavy (non-hydrogen) atoms. The Hall–Kier alpha value is -1.65. The number of hydrogen-bond donors (Lipinski definition) is 0. The number of Topliss-reactive ketones (excluding diaryl/α,β-unsaturated/α-hetero) is 1. The molecular weight excluding hydrogens is 201 g/mol. The standard InChI is InChI=1S/C10H14FNO3/c1-7(13)9(10(14)15-4)5-8(11)6-12(2)3/h5-6H,1-4H3/b8-6-,9-5-. The molecule has 0 saturated heterocycles. The van der Waals surface area contributed by atoms with E-state index in [2.05, 4.69) is 4.74 Å². The van der Waals surface area contributed by atoms with E-state index in [9.17, 15) is 14.0 Å². The van der Waals surface area contributed by atoms with Crippen molar-refractivity contribution in [1.82, 2.24) is 4.90 Å². The fourth-order valence-corrected chi connectivity index (χ4v) is 0.836. The van der Waals surface area contributed by atoms with Gasteiger partial charge in [-0.15, -0.1) is 0 Å². The Morgan fingerprint density at radius 3 is 2.20 bits per heavy atom. The fraction of sp³-hybridized carbons (Fsp3) is 0.400. The lowest BCUT2D eigenvalue weighted by atomic mass is 10.1. The predicted octanol–water partition coefficient (Wildman–Crippen LogP) is 1.05. The zero-order chi connectivity index (χ0) is 12.0. The number of nitrogens with zero attached hydrogens (tertiary/aromatic N) is 1. The van der Waals surface area contributed by atoms with Crippen molar-refractivity contribution in [3.05, 3.63) is 23.7 Å². The lowest BCUT2D eigenvalue weighted by molar-refractivity contribution is -0.137. The fourth-order valence-electron chi connectivity index (χ4n) is 0.836. The van der Waals surface area contributed by atoms with Crippen molar-refractivity contribution in [2.24, 2.45) is 0 Å². The minimum absolute atomic E-state index is 0.312. The van der Waals surface area contributed by atoms with Crippen molar-refractivity contribution in [2.45, 2.75) is 6.92 Å². The molecule has 5 heteroatoms. The van der Waals surface area contributed by atoms with Gasteiger partial charge in [-0.2, -0.15) is 0 Å². The summed E-state index contributed by atoms with van der Waals surface area (Å²) in [5, 5.41) is 0. The summed E-state index contributed by atoms with van der Waals surface area (Å²) in [4.78, 5) is 23.5. The normalized spacial score (nSPS) is 12.3. The van der Waals surface area contributed by atoms with Crippen LogP contribution in [0.1, 0.15) is 6.92 Å². The highest BCUT2D eigenvalue weighted by molar-refractivity contribution is 6.16. The van der Waals surface area contributed by atoms with E-state index in [4.69, 9.17) is 0 Å². The van der Waals surface area contributed by atoms with Gasteiger partial charge in [0.05, 0.1) is 7.11 Å². The van der Waals surface area contributed by atoms with E-state index in [1.54, 1.807) is 14.1 Å². The monoisotopic (exact) mass is 215 g/mol. The largest absolute Gasteiger partial charge is 0.465 e. The van der Waals surface area contributed by atoms with Gasteiger partial charge in [-0.3, -0.25) is 4.79 Å². The van der Waals surface area contributed by atoms with E-state index in [1.165, 1.54) is 11.8 Å². The lowest BCUT2D eigenvalue weighted by Gasteiger charge is -2.04. The van der Waals surface area contributed by atoms with Crippen molar-refractivity contribution in [3.63, 3.8) is 0 Å². The molecule has 0 aliphatic carbocycles. The minimum Gasteiger partial charge on any atom is -0.465 e. The van der Waals surface area contributed by atoms with E-state index >= 15 is 0 Å². The van der Waals surface area contributed by atoms with Crippen LogP contribution in [0.15, 0.2) is 23.7 Å². The van der Waals surface area contributed by atoms with Crippen LogP contribution in [0.25, 0.3) is 0 Å². The van der Waals surface area contributed by atoms with Crippen LogP contribution in [0.5, 0.6) is 0 Å². The molecule has 0 atom stereocenters. The molecule has 0 amide bonds. The number of allylic oxidation sites excluding steroid dienone is 2. The second kappa shape index (κ2) is 5.95. The maximum atomic E-state index is 13.1. The van der Waals surface area contributed by atoms with Crippen LogP contribution >= 0.6 is 0 Å². The molecule has 0 aromatic carbocycles. The second-order valence-corrected chi connectivity index (χ2v) is 3.08. The Kier molecular flexibility index (Phi) is 5.30. The summed E-state index contributed by atoms with van der Waals surface area (Å²) in [6, 6.07) is 0. The van der Waals surface area contributed by atoms with Gasteiger partial charge in [-0.05, 0) is 13.0 Å². The Morgan fingerprint density at radius 1 is 1.33 bits per heavy atom. The molecule has 0 heterocycles. The van der Waals surface area contributed by atoms with Crippen LogP contribution in [0.2, 0.25) is 0 Å². The van der Waals surface area contributed by atoms with Crippen molar-refractivity contribution >= 4 is 11.8 Å². The predicted molar refractivity (Wildman–Crippen MR) is 53.7 cm³/mol. The quantitative estimate of drug-likeness (QED) is 0.231. The van der Waals surface area contributed by atoms with Gasteiger partial charge in [0, 0.05) is 20.3 Å². The van der Waals surface area contributed by atoms with E-state index < -0.39 is 17.6 Å². The van der Waals surface area contributed by atoms with Gasteiger partial charge in [-0.1, -0.05) is 0 Å². The highest BCUT2D eigenvalue weighted by Crippen LogP contribution is 2.07. The van der Waals surface area contributed by atoms with Gasteiger partial charge in [0.25, 0.3) is 0 Å². The molecule has 0 saturated carbocycles. The Bertz CT molecular complexity index is 319. The average molecular weight is 215 g/mol. The van der Waals surface area contributed by atoms with Crippen LogP contribution in [-0.2, 0) is 14.3 Å². The molecule has 0 aromatic heterocycles. The summed E-state index contributed by atoms with van der Waals surface area (Å²) in [5.41, 5.74) is -0.312. The molecule has 0 N–H and O–H groups in total. The number of ketones is 1. The molecule has 0 aliphatic rings. The number of methoxy groups -OCH3 is 1. The Labute approximate surface area is 88.0 Å². The maximum absolute atomic E-state index is 13.1. The Balaban J connectivity index is 5.01. The van der Waals surface area contributed by atoms with Gasteiger partial charge in [0.1, 0.15) is 11.4 Å². The third-order valence-electron chi connectivity index (χ3n) is 1.45. The zero-order valence-corrected chi connectivity index (χ0v) is 9.20. The summed E-state index contributed by atoms with van der Waals surface area (Å²) in [6.07, 6.45) is 2.00. The molecule has 84 valence electrons. The first-order valence-corrected chi connectivity index (χ1v) is 4.23. The van der Waals surface area contributed by atoms with E-state index in [1.807, 2.05) is 0 Å². The van der Waals surface area contributed by atoms with Gasteiger partial charge in [0.15, 0.2) is 5.78 Å². The topological polar surface area (TPSA) is 46.6 Å². The third-order valence-corrected chi connectivity index (χ3v) is 1.45. The van der Waals surface area contributed by atoms with Gasteiger partial charge in [-0.25, -0.2) is 9.18 Å². The molecular formula is C10H14FNO3. The average Bonchev–Trinajstić information content (AvgIpc) is 2.11. The van der Waals surface area contributed by atoms with Crippen molar-refractivity contribution in [1.29, 1.82) is 0 Å². The molecule has 4 nitrogen and oxygen atoms in total. The van der Waals surface area contributed by atoms with Crippen LogP contribution < -0.4 is 0 Å². The highest BCUT2D eigenvalue weighted by atomic mass is 19.1. The smallest absolute Gasteiger partial charge is 0.341 e. The summed E-state index contributed by atoms with van der Waals surface area (Å²) in [7, 11) is 4.38. The van der Waals surface area contributed by atoms with Crippen molar-refractivity contribution in [2.75, 3.05) is 21.2 Å². The second-order valence-electron chi connectivity index (χ2n) is 3.08. The van der Waals surface area contributed by atoms with Crippen LogP contribution in [0, 0.1) is 0 Å². The number of ether oxygens (including phenoxy) is 1. The summed E-state index contributed by atoms with van der Waals surface area (Å²) >= 11 is 0. The number of carbonyl (C=O) groups excluding carboxylic acids is 2. The summed E-state index contributed by atoms with van der Waals surface area (Å²) in [6.45, 7) is 1.17. The lowest BCUT2D eigenvalue weighted by Crippen LogP contribution is -2.12. The number of rotatable bonds is 4. The molecule has 0 rings (SSSR count). The first-order valence-electron chi connectivity index (χ1n) is 4.23. The maximum Gasteiger partial charge on any atom is 0.341 e. The van der Waals surface area contributed by atoms with Crippen LogP contribution in [-0.4, -0.2) is 37.9 Å². The number of hydrogen-bond acceptors (Lipinski definition) is 4. The molecule has 0 aliphatic heterocycles. The zero-order valence-electron chi connectivity index (χ0n) is 9.20. The highest BCUT2D eigenvalue weighted by Gasteiger charge is 2.15. The summed E-state index contributed by atoms with van der Waals surface area (Å²) in [5.74, 6) is -2.07. The van der Waals surface area contributed by atoms with Crippen molar-refractivity contribution < 1.29 is 18.7 Å². The van der Waals surface area contributed by atoms with E-state index in [0.29, 0.717) is 0 Å². The molecule has 0 bridgehead atoms. The van der Waals surface area contributed by atoms with Crippen LogP contribution in [0.4, 0.5) is 4.39 Å². The van der Waals surface area contributed by atoms with Gasteiger partial charge >= 0.3 is 5.97 Å². The molecule has 0 radical (unpaired) electrons.